The van der Waals surface area contributed by atoms with Gasteiger partial charge in [-0.1, -0.05) is 0 Å². The summed E-state index contributed by atoms with van der Waals surface area (Å²) in [6.45, 7) is 0.700. The summed E-state index contributed by atoms with van der Waals surface area (Å²) >= 11 is 0. The van der Waals surface area contributed by atoms with Crippen LogP contribution in [-0.4, -0.2) is 33.0 Å². The Morgan fingerprint density at radius 3 is 2.20 bits per heavy atom. The smallest absolute Gasteiger partial charge is 0.203 e. The average molecular weight is 280 g/mol. The van der Waals surface area contributed by atoms with E-state index in [0.717, 1.165) is 18.4 Å². The predicted molar refractivity (Wildman–Crippen MR) is 74.3 cm³/mol. The van der Waals surface area contributed by atoms with Gasteiger partial charge in [-0.05, 0) is 36.1 Å². The zero-order valence-electron chi connectivity index (χ0n) is 12.0. The molecule has 0 saturated heterocycles. The van der Waals surface area contributed by atoms with Crippen LogP contribution >= 0.6 is 0 Å². The molecule has 2 rings (SSSR count). The van der Waals surface area contributed by atoms with Gasteiger partial charge in [-0.25, -0.2) is 0 Å². The Morgan fingerprint density at radius 2 is 1.75 bits per heavy atom. The topological polar surface area (TPSA) is 57.2 Å². The molecule has 5 heteroatoms. The minimum Gasteiger partial charge on any atom is -0.501 e. The van der Waals surface area contributed by atoms with E-state index in [9.17, 15) is 5.11 Å². The van der Waals surface area contributed by atoms with E-state index in [1.165, 1.54) is 0 Å². The van der Waals surface area contributed by atoms with Gasteiger partial charge >= 0.3 is 0 Å². The second-order valence-electron chi connectivity index (χ2n) is 4.53. The molecule has 0 amide bonds. The van der Waals surface area contributed by atoms with Gasteiger partial charge in [-0.2, -0.15) is 0 Å². The molecule has 0 bridgehead atoms. The number of hydrogen-bond acceptors (Lipinski definition) is 5. The third-order valence-corrected chi connectivity index (χ3v) is 3.32. The van der Waals surface area contributed by atoms with Gasteiger partial charge in [-0.3, -0.25) is 0 Å². The van der Waals surface area contributed by atoms with Crippen LogP contribution in [0.3, 0.4) is 0 Å². The molecule has 1 heterocycles. The highest BCUT2D eigenvalue weighted by Crippen LogP contribution is 2.41. The van der Waals surface area contributed by atoms with Crippen molar-refractivity contribution in [3.63, 3.8) is 0 Å². The molecule has 20 heavy (non-hydrogen) atoms. The van der Waals surface area contributed by atoms with Crippen LogP contribution in [0.2, 0.25) is 0 Å². The quantitative estimate of drug-likeness (QED) is 0.897. The second-order valence-corrected chi connectivity index (χ2v) is 4.53. The third kappa shape index (κ3) is 2.82. The fraction of sp³-hybridized carbons (Fsp3) is 0.467. The molecule has 110 valence electrons. The summed E-state index contributed by atoms with van der Waals surface area (Å²) in [7, 11) is 4.65. The zero-order valence-corrected chi connectivity index (χ0v) is 12.0. The third-order valence-electron chi connectivity index (χ3n) is 3.32. The monoisotopic (exact) mass is 280 g/mol. The Kier molecular flexibility index (Phi) is 4.74. The normalized spacial score (nSPS) is 15.9. The van der Waals surface area contributed by atoms with E-state index in [2.05, 4.69) is 0 Å². The molecule has 1 aliphatic rings. The van der Waals surface area contributed by atoms with Crippen LogP contribution in [-0.2, 0) is 4.74 Å². The van der Waals surface area contributed by atoms with Crippen LogP contribution in [0.25, 0.3) is 0 Å². The maximum absolute atomic E-state index is 10.4. The summed E-state index contributed by atoms with van der Waals surface area (Å²) in [6.07, 6.45) is 2.63. The molecule has 0 aliphatic carbocycles. The van der Waals surface area contributed by atoms with Crippen LogP contribution in [0, 0.1) is 0 Å². The summed E-state index contributed by atoms with van der Waals surface area (Å²) in [5.41, 5.74) is 1.54. The molecule has 1 aromatic carbocycles. The summed E-state index contributed by atoms with van der Waals surface area (Å²) in [4.78, 5) is 0. The van der Waals surface area contributed by atoms with Crippen molar-refractivity contribution in [3.05, 3.63) is 29.5 Å². The van der Waals surface area contributed by atoms with Gasteiger partial charge in [0.1, 0.15) is 6.10 Å². The standard InChI is InChI=1S/C15H20O5/c1-17-12-7-11(8-13(18-2)15(12)19-3)14(16)10-5-4-6-20-9-10/h7-9,14,16H,4-6H2,1-3H3. The van der Waals surface area contributed by atoms with Crippen molar-refractivity contribution < 1.29 is 24.1 Å². The van der Waals surface area contributed by atoms with Crippen LogP contribution in [0.5, 0.6) is 17.2 Å². The number of ether oxygens (including phenoxy) is 4. The maximum Gasteiger partial charge on any atom is 0.203 e. The Morgan fingerprint density at radius 1 is 1.10 bits per heavy atom. The fourth-order valence-electron chi connectivity index (χ4n) is 2.26. The second kappa shape index (κ2) is 6.52. The van der Waals surface area contributed by atoms with Crippen molar-refractivity contribution in [1.29, 1.82) is 0 Å². The van der Waals surface area contributed by atoms with E-state index in [-0.39, 0.29) is 0 Å². The molecule has 1 aliphatic heterocycles. The van der Waals surface area contributed by atoms with Crippen LogP contribution < -0.4 is 14.2 Å². The van der Waals surface area contributed by atoms with E-state index in [0.29, 0.717) is 29.4 Å². The summed E-state index contributed by atoms with van der Waals surface area (Å²) in [5.74, 6) is 1.57. The van der Waals surface area contributed by atoms with Crippen LogP contribution in [0.4, 0.5) is 0 Å². The summed E-state index contributed by atoms with van der Waals surface area (Å²) in [6, 6.07) is 3.50. The van der Waals surface area contributed by atoms with Crippen molar-refractivity contribution in [3.8, 4) is 17.2 Å². The van der Waals surface area contributed by atoms with E-state index in [4.69, 9.17) is 18.9 Å². The number of methoxy groups -OCH3 is 3. The number of hydrogen-bond donors (Lipinski definition) is 1. The van der Waals surface area contributed by atoms with Crippen molar-refractivity contribution in [2.45, 2.75) is 18.9 Å². The molecule has 0 spiro atoms. The predicted octanol–water partition coefficient (Wildman–Crippen LogP) is 2.44. The molecule has 1 aromatic rings. The number of rotatable bonds is 5. The number of aliphatic hydroxyl groups is 1. The maximum atomic E-state index is 10.4. The fourth-order valence-corrected chi connectivity index (χ4v) is 2.26. The lowest BCUT2D eigenvalue weighted by atomic mass is 9.97. The SMILES string of the molecule is COc1cc(C(O)C2=COCCC2)cc(OC)c1OC. The molecule has 1 atom stereocenters. The summed E-state index contributed by atoms with van der Waals surface area (Å²) in [5, 5.41) is 10.4. The van der Waals surface area contributed by atoms with Gasteiger partial charge in [-0.15, -0.1) is 0 Å². The van der Waals surface area contributed by atoms with Gasteiger partial charge in [0.25, 0.3) is 0 Å². The highest BCUT2D eigenvalue weighted by molar-refractivity contribution is 5.55. The molecule has 1 N–H and O–H groups in total. The first-order chi connectivity index (χ1) is 9.71. The van der Waals surface area contributed by atoms with Gasteiger partial charge < -0.3 is 24.1 Å². The lowest BCUT2D eigenvalue weighted by Gasteiger charge is -2.21. The number of aliphatic hydroxyl groups excluding tert-OH is 1. The van der Waals surface area contributed by atoms with Crippen molar-refractivity contribution in [1.82, 2.24) is 0 Å². The van der Waals surface area contributed by atoms with E-state index < -0.39 is 6.10 Å². The zero-order chi connectivity index (χ0) is 14.5. The Balaban J connectivity index is 2.38. The molecule has 5 nitrogen and oxygen atoms in total. The molecule has 0 fully saturated rings. The first kappa shape index (κ1) is 14.5. The van der Waals surface area contributed by atoms with Crippen molar-refractivity contribution in [2.24, 2.45) is 0 Å². The Bertz CT molecular complexity index is 470. The molecule has 0 radical (unpaired) electrons. The van der Waals surface area contributed by atoms with Crippen LogP contribution in [0.15, 0.2) is 24.0 Å². The first-order valence-electron chi connectivity index (χ1n) is 6.49. The lowest BCUT2D eigenvalue weighted by Crippen LogP contribution is -2.08. The van der Waals surface area contributed by atoms with Crippen molar-refractivity contribution in [2.75, 3.05) is 27.9 Å². The molecule has 1 unspecified atom stereocenters. The molecule has 0 saturated carbocycles. The minimum atomic E-state index is -0.732. The van der Waals surface area contributed by atoms with Crippen LogP contribution in [0.1, 0.15) is 24.5 Å². The van der Waals surface area contributed by atoms with Gasteiger partial charge in [0.15, 0.2) is 11.5 Å². The average Bonchev–Trinajstić information content (AvgIpc) is 2.53. The van der Waals surface area contributed by atoms with Crippen molar-refractivity contribution >= 4 is 0 Å². The highest BCUT2D eigenvalue weighted by atomic mass is 16.5. The Labute approximate surface area is 118 Å². The van der Waals surface area contributed by atoms with E-state index in [1.807, 2.05) is 0 Å². The van der Waals surface area contributed by atoms with Gasteiger partial charge in [0, 0.05) is 0 Å². The minimum absolute atomic E-state index is 0.514. The Hall–Kier alpha value is -1.88. The lowest BCUT2D eigenvalue weighted by molar-refractivity contribution is 0.170. The first-order valence-corrected chi connectivity index (χ1v) is 6.49. The summed E-state index contributed by atoms with van der Waals surface area (Å²) < 4.78 is 21.1. The molecule has 0 aromatic heterocycles. The molecular formula is C15H20O5. The van der Waals surface area contributed by atoms with E-state index >= 15 is 0 Å². The van der Waals surface area contributed by atoms with Gasteiger partial charge in [0.05, 0.1) is 34.2 Å². The van der Waals surface area contributed by atoms with Gasteiger partial charge in [0.2, 0.25) is 5.75 Å². The van der Waals surface area contributed by atoms with E-state index in [1.54, 1.807) is 39.7 Å². The largest absolute Gasteiger partial charge is 0.501 e. The highest BCUT2D eigenvalue weighted by Gasteiger charge is 2.21. The molecular weight excluding hydrogens is 260 g/mol. The number of benzene rings is 1.